The number of fused-ring (bicyclic) bond motifs is 1. The third-order valence-electron chi connectivity index (χ3n) is 11.0. The molecule has 14 atom stereocenters. The van der Waals surface area contributed by atoms with Crippen molar-refractivity contribution < 1.29 is 53.6 Å². The highest BCUT2D eigenvalue weighted by Crippen LogP contribution is 2.58. The van der Waals surface area contributed by atoms with E-state index in [1.165, 1.54) is 0 Å². The molecule has 3 rings (SSSR count). The lowest BCUT2D eigenvalue weighted by atomic mass is 9.82. The molecule has 0 amide bonds. The van der Waals surface area contributed by atoms with Crippen LogP contribution in [-0.2, 0) is 33.2 Å². The Labute approximate surface area is 319 Å². The van der Waals surface area contributed by atoms with Crippen molar-refractivity contribution >= 4 is 5.97 Å². The number of aliphatic hydroxyl groups is 4. The van der Waals surface area contributed by atoms with Crippen LogP contribution in [0.15, 0.2) is 0 Å². The molecule has 0 aromatic rings. The van der Waals surface area contributed by atoms with Crippen LogP contribution in [0.5, 0.6) is 0 Å². The summed E-state index contributed by atoms with van der Waals surface area (Å²) < 4.78 is 35.3. The van der Waals surface area contributed by atoms with Crippen molar-refractivity contribution in [3.05, 3.63) is 0 Å². The molecule has 53 heavy (non-hydrogen) atoms. The molecule has 3 heterocycles. The number of carbonyl (C=O) groups excluding carboxylic acids is 1. The Hall–Kier alpha value is -1.01. The van der Waals surface area contributed by atoms with E-state index in [4.69, 9.17) is 28.4 Å². The Kier molecular flexibility index (Phi) is 20.0. The molecule has 0 saturated carbocycles. The lowest BCUT2D eigenvalue weighted by Crippen LogP contribution is -2.54. The van der Waals surface area contributed by atoms with E-state index in [1.54, 1.807) is 21.0 Å². The highest BCUT2D eigenvalue weighted by Gasteiger charge is 2.77. The zero-order valence-electron chi connectivity index (χ0n) is 34.9. The van der Waals surface area contributed by atoms with Crippen LogP contribution in [0.3, 0.4) is 0 Å². The molecule has 0 aromatic heterocycles. The maximum atomic E-state index is 13.0. The van der Waals surface area contributed by atoms with E-state index in [0.29, 0.717) is 38.3 Å². The van der Waals surface area contributed by atoms with Gasteiger partial charge in [-0.1, -0.05) is 34.1 Å². The monoisotopic (exact) mass is 764 g/mol. The summed E-state index contributed by atoms with van der Waals surface area (Å²) in [5, 5.41) is 47.0. The number of hydrogen-bond donors (Lipinski definition) is 6. The Balaban J connectivity index is 0.000000683. The summed E-state index contributed by atoms with van der Waals surface area (Å²) in [6.07, 6.45) is 1.94. The average Bonchev–Trinajstić information content (AvgIpc) is 3.76. The predicted octanol–water partition coefficient (Wildman–Crippen LogP) is 3.27. The summed E-state index contributed by atoms with van der Waals surface area (Å²) >= 11 is 0. The van der Waals surface area contributed by atoms with Crippen molar-refractivity contribution in [1.29, 1.82) is 0 Å². The van der Waals surface area contributed by atoms with E-state index in [0.717, 1.165) is 45.2 Å². The van der Waals surface area contributed by atoms with Crippen LogP contribution in [0.25, 0.3) is 0 Å². The standard InChI is InChI=1S/C31H60N2O8.C8H17NO3/c1-10-14-22(5)33-17-13-15-29(8,36)18-21(4)27(23(6)28(35)39-25(34)12-3)40-26-19-31(37-9)30(41-31,24(7)38-26)20-32-16-11-2;1-5-4-6(9(2)3)7(10)8(11)12-5/h21-27,32-34,36H,10-20H2,1-9H3;5-8,10-11H,4H2,1-3H3/t21?,22-,23?,24?,25?,26?,27?,29+,30?,31?;/m1./s1. The van der Waals surface area contributed by atoms with Gasteiger partial charge in [0.15, 0.2) is 24.5 Å². The zero-order chi connectivity index (χ0) is 40.1. The fourth-order valence-electron chi connectivity index (χ4n) is 7.83. The molecule has 0 aliphatic carbocycles. The quantitative estimate of drug-likeness (QED) is 0.0409. The third kappa shape index (κ3) is 13.9. The predicted molar refractivity (Wildman–Crippen MR) is 203 cm³/mol. The zero-order valence-corrected chi connectivity index (χ0v) is 34.9. The number of ether oxygens (including phenoxy) is 6. The smallest absolute Gasteiger partial charge is 0.313 e. The first kappa shape index (κ1) is 48.1. The molecule has 3 aliphatic heterocycles. The summed E-state index contributed by atoms with van der Waals surface area (Å²) in [5.41, 5.74) is -1.54. The largest absolute Gasteiger partial charge is 0.436 e. The van der Waals surface area contributed by atoms with Gasteiger partial charge in [0, 0.05) is 32.2 Å². The number of nitrogens with one attached hydrogen (secondary N) is 2. The van der Waals surface area contributed by atoms with Crippen molar-refractivity contribution in [3.63, 3.8) is 0 Å². The number of aliphatic hydroxyl groups excluding tert-OH is 3. The van der Waals surface area contributed by atoms with Gasteiger partial charge in [-0.2, -0.15) is 0 Å². The molecule has 0 aromatic carbocycles. The van der Waals surface area contributed by atoms with Crippen LogP contribution in [0.2, 0.25) is 0 Å². The van der Waals surface area contributed by atoms with E-state index in [-0.39, 0.29) is 24.2 Å². The van der Waals surface area contributed by atoms with Crippen LogP contribution in [0, 0.1) is 11.8 Å². The van der Waals surface area contributed by atoms with Crippen molar-refractivity contribution in [2.45, 2.75) is 192 Å². The van der Waals surface area contributed by atoms with E-state index >= 15 is 0 Å². The average molecular weight is 764 g/mol. The number of nitrogens with zero attached hydrogens (tertiary/aromatic N) is 1. The summed E-state index contributed by atoms with van der Waals surface area (Å²) in [5.74, 6) is -2.29. The maximum absolute atomic E-state index is 13.0. The second kappa shape index (κ2) is 22.1. The van der Waals surface area contributed by atoms with Gasteiger partial charge in [0.1, 0.15) is 6.10 Å². The second-order valence-corrected chi connectivity index (χ2v) is 16.2. The first-order valence-electron chi connectivity index (χ1n) is 20.1. The number of carbonyl (C=O) groups is 1. The fraction of sp³-hybridized carbons (Fsp3) is 0.974. The first-order valence-corrected chi connectivity index (χ1v) is 20.1. The summed E-state index contributed by atoms with van der Waals surface area (Å²) in [7, 11) is 5.41. The van der Waals surface area contributed by atoms with E-state index in [2.05, 4.69) is 31.4 Å². The number of likely N-dealkylation sites (N-methyl/N-ethyl adjacent to an activating group) is 1. The van der Waals surface area contributed by atoms with Crippen LogP contribution >= 0.6 is 0 Å². The minimum atomic E-state index is -1.18. The Morgan fingerprint density at radius 1 is 1.08 bits per heavy atom. The van der Waals surface area contributed by atoms with Gasteiger partial charge < -0.3 is 64.4 Å². The number of esters is 1. The highest BCUT2D eigenvalue weighted by molar-refractivity contribution is 5.72. The first-order chi connectivity index (χ1) is 24.8. The topological polar surface area (TPSA) is 184 Å². The van der Waals surface area contributed by atoms with Gasteiger partial charge in [-0.15, -0.1) is 0 Å². The molecular formula is C39H77N3O11. The molecule has 14 heteroatoms. The number of hydrogen-bond acceptors (Lipinski definition) is 14. The summed E-state index contributed by atoms with van der Waals surface area (Å²) in [6.45, 7) is 19.9. The number of rotatable bonds is 22. The number of methoxy groups -OCH3 is 1. The highest BCUT2D eigenvalue weighted by atomic mass is 16.8. The molecule has 3 fully saturated rings. The minimum absolute atomic E-state index is 0.01000. The third-order valence-corrected chi connectivity index (χ3v) is 11.0. The molecule has 0 spiro atoms. The Bertz CT molecular complexity index is 1060. The second-order valence-electron chi connectivity index (χ2n) is 16.2. The van der Waals surface area contributed by atoms with Gasteiger partial charge in [0.2, 0.25) is 5.79 Å². The summed E-state index contributed by atoms with van der Waals surface area (Å²) in [6, 6.07) is 0.445. The lowest BCUT2D eigenvalue weighted by Gasteiger charge is -2.40. The van der Waals surface area contributed by atoms with Crippen LogP contribution in [0.1, 0.15) is 120 Å². The van der Waals surface area contributed by atoms with Gasteiger partial charge >= 0.3 is 5.97 Å². The van der Waals surface area contributed by atoms with Gasteiger partial charge in [-0.3, -0.25) is 4.79 Å². The lowest BCUT2D eigenvalue weighted by molar-refractivity contribution is -0.255. The Morgan fingerprint density at radius 3 is 2.34 bits per heavy atom. The summed E-state index contributed by atoms with van der Waals surface area (Å²) in [4.78, 5) is 14.9. The molecule has 12 unspecified atom stereocenters. The normalized spacial score (nSPS) is 33.8. The van der Waals surface area contributed by atoms with Gasteiger partial charge in [0.25, 0.3) is 0 Å². The van der Waals surface area contributed by atoms with Crippen molar-refractivity contribution in [2.75, 3.05) is 40.8 Å². The van der Waals surface area contributed by atoms with Crippen LogP contribution < -0.4 is 10.6 Å². The molecule has 3 saturated heterocycles. The molecule has 314 valence electrons. The molecule has 6 N–H and O–H groups in total. The molecular weight excluding hydrogens is 686 g/mol. The molecule has 3 aliphatic rings. The van der Waals surface area contributed by atoms with E-state index < -0.39 is 60.0 Å². The SMILES string of the molecule is CC1CC(N(C)C)C(O)C(O)O1.CCCNCC12OC1(OC)CC(OC(C(C)C[C@@](C)(O)CCCN[C@H](C)CCC)C(C)C(=O)OC(O)CC)OC2C. The number of epoxide rings is 1. The Morgan fingerprint density at radius 2 is 1.75 bits per heavy atom. The van der Waals surface area contributed by atoms with Gasteiger partial charge in [-0.05, 0) is 106 Å². The van der Waals surface area contributed by atoms with Crippen molar-refractivity contribution in [2.24, 2.45) is 11.8 Å². The van der Waals surface area contributed by atoms with E-state index in [9.17, 15) is 25.2 Å². The molecule has 14 nitrogen and oxygen atoms in total. The molecule has 0 radical (unpaired) electrons. The van der Waals surface area contributed by atoms with E-state index in [1.807, 2.05) is 46.7 Å². The van der Waals surface area contributed by atoms with Crippen LogP contribution in [0.4, 0.5) is 0 Å². The minimum Gasteiger partial charge on any atom is -0.436 e. The van der Waals surface area contributed by atoms with Crippen molar-refractivity contribution in [1.82, 2.24) is 15.5 Å². The fourth-order valence-corrected chi connectivity index (χ4v) is 7.83. The van der Waals surface area contributed by atoms with Crippen LogP contribution in [-0.4, -0.2) is 144 Å². The maximum Gasteiger partial charge on any atom is 0.313 e. The van der Waals surface area contributed by atoms with Gasteiger partial charge in [0.05, 0.1) is 36.3 Å². The van der Waals surface area contributed by atoms with Gasteiger partial charge in [-0.25, -0.2) is 0 Å². The molecule has 0 bridgehead atoms. The van der Waals surface area contributed by atoms with Crippen molar-refractivity contribution in [3.8, 4) is 0 Å².